The van der Waals surface area contributed by atoms with Gasteiger partial charge < -0.3 is 15.6 Å². The van der Waals surface area contributed by atoms with Gasteiger partial charge >= 0.3 is 0 Å². The first-order valence-electron chi connectivity index (χ1n) is 9.57. The summed E-state index contributed by atoms with van der Waals surface area (Å²) in [6, 6.07) is 13.7. The van der Waals surface area contributed by atoms with Crippen LogP contribution in [0.1, 0.15) is 38.3 Å². The van der Waals surface area contributed by atoms with Crippen molar-refractivity contribution in [3.8, 4) is 0 Å². The minimum Gasteiger partial charge on any atom is -0.372 e. The number of carbonyl (C=O) groups excluding carboxylic acids is 1. The number of ketones is 1. The first-order chi connectivity index (χ1) is 13.4. The van der Waals surface area contributed by atoms with Gasteiger partial charge in [0.2, 0.25) is 0 Å². The highest BCUT2D eigenvalue weighted by Gasteiger charge is 2.39. The molecule has 0 saturated carbocycles. The van der Waals surface area contributed by atoms with Gasteiger partial charge in [-0.1, -0.05) is 43.6 Å². The van der Waals surface area contributed by atoms with Gasteiger partial charge in [-0.05, 0) is 36.1 Å². The normalized spacial score (nSPS) is 20.8. The van der Waals surface area contributed by atoms with Crippen LogP contribution in [0.2, 0.25) is 5.02 Å². The molecule has 3 N–H and O–H groups in total. The molecule has 4 nitrogen and oxygen atoms in total. The van der Waals surface area contributed by atoms with Gasteiger partial charge in [0.1, 0.15) is 0 Å². The smallest absolute Gasteiger partial charge is 0.163 e. The summed E-state index contributed by atoms with van der Waals surface area (Å²) in [5, 5.41) is 8.93. The summed E-state index contributed by atoms with van der Waals surface area (Å²) in [5.74, 6) is 0.195. The molecule has 1 aliphatic heterocycles. The third-order valence-corrected chi connectivity index (χ3v) is 5.94. The van der Waals surface area contributed by atoms with Crippen molar-refractivity contribution < 1.29 is 4.79 Å². The molecule has 28 heavy (non-hydrogen) atoms. The molecule has 0 unspecified atom stereocenters. The molecule has 0 radical (unpaired) electrons. The van der Waals surface area contributed by atoms with Crippen molar-refractivity contribution in [2.75, 3.05) is 10.6 Å². The Morgan fingerprint density at radius 1 is 1.07 bits per heavy atom. The van der Waals surface area contributed by atoms with Crippen LogP contribution in [0.3, 0.4) is 0 Å². The van der Waals surface area contributed by atoms with E-state index in [4.69, 9.17) is 11.6 Å². The van der Waals surface area contributed by atoms with Crippen molar-refractivity contribution in [1.82, 2.24) is 4.98 Å². The van der Waals surface area contributed by atoms with Crippen LogP contribution in [0.4, 0.5) is 11.4 Å². The fraction of sp³-hybridized carbons (Fsp3) is 0.261. The molecule has 0 saturated heterocycles. The fourth-order valence-electron chi connectivity index (χ4n) is 4.48. The van der Waals surface area contributed by atoms with Crippen LogP contribution in [-0.4, -0.2) is 10.8 Å². The number of nitrogens with one attached hydrogen (secondary N) is 3. The quantitative estimate of drug-likeness (QED) is 0.473. The second-order valence-electron chi connectivity index (χ2n) is 8.52. The minimum absolute atomic E-state index is 0.0649. The third-order valence-electron chi connectivity index (χ3n) is 5.71. The number of Topliss-reactive ketones (excluding diaryl/α,β-unsaturated/α-hetero) is 1. The number of hydrogen-bond donors (Lipinski definition) is 3. The second-order valence-corrected chi connectivity index (χ2v) is 8.95. The van der Waals surface area contributed by atoms with Gasteiger partial charge in [-0.15, -0.1) is 0 Å². The molecular formula is C23H22ClN3O. The molecule has 2 aliphatic rings. The van der Waals surface area contributed by atoms with Crippen LogP contribution in [0, 0.1) is 5.41 Å². The number of rotatable bonds is 1. The van der Waals surface area contributed by atoms with Crippen molar-refractivity contribution in [2.45, 2.75) is 32.7 Å². The van der Waals surface area contributed by atoms with Gasteiger partial charge in [-0.25, -0.2) is 0 Å². The molecule has 1 atom stereocenters. The summed E-state index contributed by atoms with van der Waals surface area (Å²) >= 11 is 6.27. The highest BCUT2D eigenvalue weighted by Crippen LogP contribution is 2.46. The Morgan fingerprint density at radius 3 is 2.75 bits per heavy atom. The molecule has 0 fully saturated rings. The minimum atomic E-state index is -0.234. The summed E-state index contributed by atoms with van der Waals surface area (Å²) in [7, 11) is 0. The van der Waals surface area contributed by atoms with E-state index in [2.05, 4.69) is 41.6 Å². The average molecular weight is 392 g/mol. The van der Waals surface area contributed by atoms with E-state index in [-0.39, 0.29) is 17.2 Å². The molecule has 142 valence electrons. The van der Waals surface area contributed by atoms with Gasteiger partial charge in [-0.3, -0.25) is 4.79 Å². The number of para-hydroxylation sites is 1. The zero-order valence-corrected chi connectivity index (χ0v) is 16.7. The first kappa shape index (κ1) is 17.4. The molecule has 1 aromatic heterocycles. The molecule has 3 aromatic rings. The van der Waals surface area contributed by atoms with Crippen LogP contribution in [-0.2, 0) is 4.79 Å². The van der Waals surface area contributed by atoms with Crippen LogP contribution >= 0.6 is 11.6 Å². The number of hydrogen-bond acceptors (Lipinski definition) is 3. The number of benzene rings is 2. The summed E-state index contributed by atoms with van der Waals surface area (Å²) in [4.78, 5) is 16.6. The van der Waals surface area contributed by atoms with E-state index in [0.717, 1.165) is 45.5 Å². The highest BCUT2D eigenvalue weighted by molar-refractivity contribution is 6.31. The SMILES string of the molecule is CC1(C)CC(=O)C2=C(C1)Nc1ccc(Cl)cc1N[C@@H]2c1c[nH]c2ccccc12. The highest BCUT2D eigenvalue weighted by atomic mass is 35.5. The summed E-state index contributed by atoms with van der Waals surface area (Å²) in [6.45, 7) is 4.30. The predicted octanol–water partition coefficient (Wildman–Crippen LogP) is 6.04. The van der Waals surface area contributed by atoms with Crippen LogP contribution in [0.25, 0.3) is 10.9 Å². The lowest BCUT2D eigenvalue weighted by atomic mass is 9.73. The van der Waals surface area contributed by atoms with E-state index in [1.54, 1.807) is 0 Å². The second kappa shape index (κ2) is 6.14. The van der Waals surface area contributed by atoms with Gasteiger partial charge in [-0.2, -0.15) is 0 Å². The Balaban J connectivity index is 1.74. The van der Waals surface area contributed by atoms with Gasteiger partial charge in [0.25, 0.3) is 0 Å². The number of aromatic nitrogens is 1. The van der Waals surface area contributed by atoms with Crippen LogP contribution in [0.15, 0.2) is 59.9 Å². The van der Waals surface area contributed by atoms with E-state index >= 15 is 0 Å². The Labute approximate surface area is 169 Å². The molecule has 0 spiro atoms. The lowest BCUT2D eigenvalue weighted by Gasteiger charge is -2.34. The molecule has 1 aliphatic carbocycles. The number of fused-ring (bicyclic) bond motifs is 2. The Bertz CT molecular complexity index is 1140. The summed E-state index contributed by atoms with van der Waals surface area (Å²) in [6.07, 6.45) is 3.39. The molecular weight excluding hydrogens is 370 g/mol. The lowest BCUT2D eigenvalue weighted by molar-refractivity contribution is -0.118. The number of allylic oxidation sites excluding steroid dienone is 1. The molecule has 5 rings (SSSR count). The molecule has 0 bridgehead atoms. The number of H-pyrrole nitrogens is 1. The number of carbonyl (C=O) groups is 1. The fourth-order valence-corrected chi connectivity index (χ4v) is 4.65. The van der Waals surface area contributed by atoms with Crippen molar-refractivity contribution in [3.05, 3.63) is 70.5 Å². The van der Waals surface area contributed by atoms with E-state index in [0.29, 0.717) is 11.4 Å². The summed E-state index contributed by atoms with van der Waals surface area (Å²) in [5.41, 5.74) is 5.76. The number of halogens is 1. The molecule has 2 heterocycles. The third kappa shape index (κ3) is 2.80. The predicted molar refractivity (Wildman–Crippen MR) is 115 cm³/mol. The van der Waals surface area contributed by atoms with Crippen molar-refractivity contribution in [3.63, 3.8) is 0 Å². The maximum absolute atomic E-state index is 13.3. The lowest BCUT2D eigenvalue weighted by Crippen LogP contribution is -2.31. The van der Waals surface area contributed by atoms with Crippen LogP contribution in [0.5, 0.6) is 0 Å². The largest absolute Gasteiger partial charge is 0.372 e. The zero-order chi connectivity index (χ0) is 19.5. The summed E-state index contributed by atoms with van der Waals surface area (Å²) < 4.78 is 0. The zero-order valence-electron chi connectivity index (χ0n) is 15.9. The first-order valence-corrected chi connectivity index (χ1v) is 9.94. The Morgan fingerprint density at radius 2 is 1.89 bits per heavy atom. The van der Waals surface area contributed by atoms with Crippen LogP contribution < -0.4 is 10.6 Å². The maximum atomic E-state index is 13.3. The Kier molecular flexibility index (Phi) is 3.81. The van der Waals surface area contributed by atoms with Crippen molar-refractivity contribution >= 4 is 39.7 Å². The topological polar surface area (TPSA) is 56.9 Å². The van der Waals surface area contributed by atoms with Gasteiger partial charge in [0.05, 0.1) is 17.4 Å². The van der Waals surface area contributed by atoms with E-state index in [1.807, 2.05) is 36.5 Å². The van der Waals surface area contributed by atoms with E-state index in [9.17, 15) is 4.79 Å². The van der Waals surface area contributed by atoms with Crippen molar-refractivity contribution in [2.24, 2.45) is 5.41 Å². The monoisotopic (exact) mass is 391 g/mol. The number of anilines is 2. The number of aromatic amines is 1. The Hall–Kier alpha value is -2.72. The molecule has 2 aromatic carbocycles. The standard InChI is InChI=1S/C23H22ClN3O/c1-23(2)10-19-21(20(28)11-23)22(15-12-25-16-6-4-3-5-14(15)16)27-18-9-13(24)7-8-17(18)26-19/h3-9,12,22,25-27H,10-11H2,1-2H3/t22-/m1/s1. The average Bonchev–Trinajstić information content (AvgIpc) is 2.98. The van der Waals surface area contributed by atoms with E-state index in [1.165, 1.54) is 0 Å². The van der Waals surface area contributed by atoms with E-state index < -0.39 is 0 Å². The van der Waals surface area contributed by atoms with Crippen molar-refractivity contribution in [1.29, 1.82) is 0 Å². The maximum Gasteiger partial charge on any atom is 0.163 e. The van der Waals surface area contributed by atoms with Gasteiger partial charge in [0.15, 0.2) is 5.78 Å². The molecule has 0 amide bonds. The molecule has 5 heteroatoms. The van der Waals surface area contributed by atoms with Gasteiger partial charge in [0, 0.05) is 45.4 Å².